The van der Waals surface area contributed by atoms with Crippen LogP contribution in [0.15, 0.2) is 42.5 Å². The lowest BCUT2D eigenvalue weighted by molar-refractivity contribution is 0.0989. The van der Waals surface area contributed by atoms with Crippen LogP contribution in [0.4, 0.5) is 0 Å². The van der Waals surface area contributed by atoms with Crippen molar-refractivity contribution in [3.63, 3.8) is 0 Å². The molecule has 0 saturated carbocycles. The summed E-state index contributed by atoms with van der Waals surface area (Å²) in [7, 11) is 0. The zero-order valence-corrected chi connectivity index (χ0v) is 12.8. The summed E-state index contributed by atoms with van der Waals surface area (Å²) < 4.78 is 0. The SMILES string of the molecule is Cc1cc(C)c2cc(C(=O)Cc3ccccc3Cl)[nH]c2c1. The van der Waals surface area contributed by atoms with Gasteiger partial charge in [-0.2, -0.15) is 0 Å². The standard InChI is InChI=1S/C18H16ClNO/c1-11-7-12(2)14-10-17(20-16(14)8-11)18(21)9-13-5-3-4-6-15(13)19/h3-8,10,20H,9H2,1-2H3. The Kier molecular flexibility index (Phi) is 3.56. The molecule has 0 aliphatic rings. The number of aromatic nitrogens is 1. The van der Waals surface area contributed by atoms with Crippen molar-refractivity contribution in [1.29, 1.82) is 0 Å². The Morgan fingerprint density at radius 3 is 2.67 bits per heavy atom. The maximum Gasteiger partial charge on any atom is 0.183 e. The topological polar surface area (TPSA) is 32.9 Å². The van der Waals surface area contributed by atoms with Gasteiger partial charge in [0.1, 0.15) is 0 Å². The van der Waals surface area contributed by atoms with E-state index in [9.17, 15) is 4.79 Å². The van der Waals surface area contributed by atoms with Crippen LogP contribution in [0.3, 0.4) is 0 Å². The number of fused-ring (bicyclic) bond motifs is 1. The number of Topliss-reactive ketones (excluding diaryl/α,β-unsaturated/α-hetero) is 1. The summed E-state index contributed by atoms with van der Waals surface area (Å²) in [5, 5.41) is 1.73. The van der Waals surface area contributed by atoms with Crippen molar-refractivity contribution in [3.05, 3.63) is 69.9 Å². The molecule has 0 bridgehead atoms. The van der Waals surface area contributed by atoms with Gasteiger partial charge in [0.05, 0.1) is 5.69 Å². The van der Waals surface area contributed by atoms with Crippen molar-refractivity contribution in [1.82, 2.24) is 4.98 Å². The lowest BCUT2D eigenvalue weighted by atomic mass is 10.1. The molecule has 0 amide bonds. The molecule has 0 atom stereocenters. The number of rotatable bonds is 3. The molecule has 2 nitrogen and oxygen atoms in total. The van der Waals surface area contributed by atoms with Crippen molar-refractivity contribution in [2.45, 2.75) is 20.3 Å². The summed E-state index contributed by atoms with van der Waals surface area (Å²) in [5.41, 5.74) is 4.87. The maximum atomic E-state index is 12.4. The summed E-state index contributed by atoms with van der Waals surface area (Å²) in [6.07, 6.45) is 0.310. The van der Waals surface area contributed by atoms with Crippen LogP contribution in [-0.2, 0) is 6.42 Å². The van der Waals surface area contributed by atoms with Crippen LogP contribution in [-0.4, -0.2) is 10.8 Å². The Bertz CT molecular complexity index is 832. The Morgan fingerprint density at radius 2 is 1.90 bits per heavy atom. The smallest absolute Gasteiger partial charge is 0.183 e. The molecule has 0 aliphatic carbocycles. The highest BCUT2D eigenvalue weighted by molar-refractivity contribution is 6.31. The van der Waals surface area contributed by atoms with E-state index in [0.717, 1.165) is 16.5 Å². The monoisotopic (exact) mass is 297 g/mol. The summed E-state index contributed by atoms with van der Waals surface area (Å²) in [4.78, 5) is 15.7. The van der Waals surface area contributed by atoms with Crippen LogP contribution in [0.1, 0.15) is 27.2 Å². The van der Waals surface area contributed by atoms with Gasteiger partial charge in [-0.25, -0.2) is 0 Å². The van der Waals surface area contributed by atoms with Gasteiger partial charge >= 0.3 is 0 Å². The molecule has 0 aliphatic heterocycles. The normalized spacial score (nSPS) is 11.0. The molecule has 0 fully saturated rings. The minimum Gasteiger partial charge on any atom is -0.352 e. The minimum atomic E-state index is 0.0522. The molecule has 0 unspecified atom stereocenters. The first kappa shape index (κ1) is 13.9. The molecule has 1 heterocycles. The van der Waals surface area contributed by atoms with E-state index < -0.39 is 0 Å². The minimum absolute atomic E-state index is 0.0522. The van der Waals surface area contributed by atoms with Crippen LogP contribution in [0.5, 0.6) is 0 Å². The van der Waals surface area contributed by atoms with Gasteiger partial charge in [-0.15, -0.1) is 0 Å². The van der Waals surface area contributed by atoms with Gasteiger partial charge in [0, 0.05) is 22.3 Å². The molecule has 21 heavy (non-hydrogen) atoms. The predicted molar refractivity (Wildman–Crippen MR) is 87.3 cm³/mol. The summed E-state index contributed by atoms with van der Waals surface area (Å²) in [5.74, 6) is 0.0522. The molecule has 0 radical (unpaired) electrons. The molecule has 3 aromatic rings. The number of ketones is 1. The number of nitrogens with one attached hydrogen (secondary N) is 1. The van der Waals surface area contributed by atoms with Crippen LogP contribution in [0, 0.1) is 13.8 Å². The first-order valence-electron chi connectivity index (χ1n) is 6.91. The number of halogens is 1. The number of aromatic amines is 1. The average Bonchev–Trinajstić information content (AvgIpc) is 2.85. The van der Waals surface area contributed by atoms with Gasteiger partial charge < -0.3 is 4.98 Å². The van der Waals surface area contributed by atoms with Gasteiger partial charge in [-0.3, -0.25) is 4.79 Å². The Balaban J connectivity index is 1.95. The van der Waals surface area contributed by atoms with E-state index in [1.165, 1.54) is 11.1 Å². The van der Waals surface area contributed by atoms with Crippen molar-refractivity contribution < 1.29 is 4.79 Å². The Labute approximate surface area is 128 Å². The second-order valence-electron chi connectivity index (χ2n) is 5.42. The van der Waals surface area contributed by atoms with E-state index in [-0.39, 0.29) is 5.78 Å². The van der Waals surface area contributed by atoms with Crippen molar-refractivity contribution in [2.24, 2.45) is 0 Å². The van der Waals surface area contributed by atoms with E-state index >= 15 is 0 Å². The number of carbonyl (C=O) groups is 1. The van der Waals surface area contributed by atoms with Crippen molar-refractivity contribution in [2.75, 3.05) is 0 Å². The van der Waals surface area contributed by atoms with Gasteiger partial charge in [-0.05, 0) is 48.7 Å². The fourth-order valence-corrected chi connectivity index (χ4v) is 2.86. The second-order valence-corrected chi connectivity index (χ2v) is 5.82. The van der Waals surface area contributed by atoms with Crippen LogP contribution >= 0.6 is 11.6 Å². The first-order chi connectivity index (χ1) is 10.0. The van der Waals surface area contributed by atoms with Crippen molar-refractivity contribution in [3.8, 4) is 0 Å². The van der Waals surface area contributed by atoms with Gasteiger partial charge in [0.25, 0.3) is 0 Å². The Hall–Kier alpha value is -2.06. The largest absolute Gasteiger partial charge is 0.352 e. The molecular formula is C18H16ClNO. The molecule has 2 aromatic carbocycles. The Morgan fingerprint density at radius 1 is 1.14 bits per heavy atom. The predicted octanol–water partition coefficient (Wildman–Crippen LogP) is 4.86. The number of H-pyrrole nitrogens is 1. The van der Waals surface area contributed by atoms with E-state index in [1.807, 2.05) is 30.3 Å². The number of hydrogen-bond donors (Lipinski definition) is 1. The molecule has 0 saturated heterocycles. The van der Waals surface area contributed by atoms with Crippen LogP contribution in [0.2, 0.25) is 5.02 Å². The third kappa shape index (κ3) is 2.72. The summed E-state index contributed by atoms with van der Waals surface area (Å²) >= 11 is 6.12. The maximum absolute atomic E-state index is 12.4. The quantitative estimate of drug-likeness (QED) is 0.688. The molecule has 1 N–H and O–H groups in total. The van der Waals surface area contributed by atoms with E-state index in [2.05, 4.69) is 31.0 Å². The summed E-state index contributed by atoms with van der Waals surface area (Å²) in [6.45, 7) is 4.12. The highest BCUT2D eigenvalue weighted by atomic mass is 35.5. The average molecular weight is 298 g/mol. The zero-order valence-electron chi connectivity index (χ0n) is 12.0. The van der Waals surface area contributed by atoms with Crippen molar-refractivity contribution >= 4 is 28.3 Å². The molecule has 106 valence electrons. The lowest BCUT2D eigenvalue weighted by Crippen LogP contribution is -2.04. The number of benzene rings is 2. The molecular weight excluding hydrogens is 282 g/mol. The molecule has 0 spiro atoms. The van der Waals surface area contributed by atoms with E-state index in [1.54, 1.807) is 0 Å². The fourth-order valence-electron chi connectivity index (χ4n) is 2.66. The molecule has 3 heteroatoms. The van der Waals surface area contributed by atoms with E-state index in [4.69, 9.17) is 11.6 Å². The van der Waals surface area contributed by atoms with Crippen LogP contribution < -0.4 is 0 Å². The first-order valence-corrected chi connectivity index (χ1v) is 7.29. The lowest BCUT2D eigenvalue weighted by Gasteiger charge is -2.01. The molecule has 1 aromatic heterocycles. The van der Waals surface area contributed by atoms with E-state index in [0.29, 0.717) is 17.1 Å². The second kappa shape index (κ2) is 5.38. The van der Waals surface area contributed by atoms with Crippen LogP contribution in [0.25, 0.3) is 10.9 Å². The summed E-state index contributed by atoms with van der Waals surface area (Å²) in [6, 6.07) is 13.6. The molecule has 3 rings (SSSR count). The number of hydrogen-bond acceptors (Lipinski definition) is 1. The highest BCUT2D eigenvalue weighted by Gasteiger charge is 2.13. The highest BCUT2D eigenvalue weighted by Crippen LogP contribution is 2.23. The van der Waals surface area contributed by atoms with Gasteiger partial charge in [0.15, 0.2) is 5.78 Å². The zero-order chi connectivity index (χ0) is 15.0. The fraction of sp³-hybridized carbons (Fsp3) is 0.167. The third-order valence-corrected chi connectivity index (χ3v) is 4.07. The number of carbonyl (C=O) groups excluding carboxylic acids is 1. The van der Waals surface area contributed by atoms with Gasteiger partial charge in [-0.1, -0.05) is 35.9 Å². The number of aryl methyl sites for hydroxylation is 2. The van der Waals surface area contributed by atoms with Gasteiger partial charge in [0.2, 0.25) is 0 Å². The third-order valence-electron chi connectivity index (χ3n) is 3.70.